The molecular weight excluding hydrogens is 426 g/mol. The molecule has 4 atom stereocenters. The van der Waals surface area contributed by atoms with Crippen LogP contribution < -0.4 is 27.0 Å². The van der Waals surface area contributed by atoms with Crippen molar-refractivity contribution in [3.63, 3.8) is 0 Å². The number of guanidine groups is 1. The molecule has 1 heterocycles. The van der Waals surface area contributed by atoms with Gasteiger partial charge in [0.15, 0.2) is 5.96 Å². The average Bonchev–Trinajstić information content (AvgIpc) is 2.79. The molecule has 0 spiro atoms. The highest BCUT2D eigenvalue weighted by molar-refractivity contribution is 5.91. The molecule has 0 saturated carbocycles. The summed E-state index contributed by atoms with van der Waals surface area (Å²) in [5.41, 5.74) is 6.66. The Labute approximate surface area is 194 Å². The minimum absolute atomic E-state index is 0.0401. The molecule has 1 fully saturated rings. The van der Waals surface area contributed by atoms with Crippen LogP contribution in [-0.2, 0) is 16.0 Å². The maximum absolute atomic E-state index is 12.6. The lowest BCUT2D eigenvalue weighted by molar-refractivity contribution is -0.130. The summed E-state index contributed by atoms with van der Waals surface area (Å²) >= 11 is 0. The summed E-state index contributed by atoms with van der Waals surface area (Å²) in [4.78, 5) is 38.9. The van der Waals surface area contributed by atoms with Crippen LogP contribution in [0.1, 0.15) is 32.3 Å². The molecular formula is C22H35N7O4. The number of benzene rings is 1. The first-order chi connectivity index (χ1) is 15.7. The molecule has 0 aromatic heterocycles. The Kier molecular flexibility index (Phi) is 9.92. The van der Waals surface area contributed by atoms with Crippen molar-refractivity contribution in [1.82, 2.24) is 26.2 Å². The highest BCUT2D eigenvalue weighted by Crippen LogP contribution is 2.17. The monoisotopic (exact) mass is 461 g/mol. The van der Waals surface area contributed by atoms with E-state index in [0.717, 1.165) is 18.4 Å². The number of amides is 4. The smallest absolute Gasteiger partial charge is 0.315 e. The van der Waals surface area contributed by atoms with E-state index in [1.165, 1.54) is 6.92 Å². The van der Waals surface area contributed by atoms with Crippen molar-refractivity contribution in [3.8, 4) is 0 Å². The third-order valence-corrected chi connectivity index (χ3v) is 5.72. The lowest BCUT2D eigenvalue weighted by atomic mass is 9.97. The summed E-state index contributed by atoms with van der Waals surface area (Å²) in [5, 5.41) is 27.7. The van der Waals surface area contributed by atoms with Crippen molar-refractivity contribution < 1.29 is 19.5 Å². The molecule has 33 heavy (non-hydrogen) atoms. The predicted molar refractivity (Wildman–Crippen MR) is 124 cm³/mol. The Hall–Kier alpha value is -3.34. The second-order valence-corrected chi connectivity index (χ2v) is 8.18. The van der Waals surface area contributed by atoms with Crippen LogP contribution in [0.3, 0.4) is 0 Å². The summed E-state index contributed by atoms with van der Waals surface area (Å²) in [5.74, 6) is -1.10. The Morgan fingerprint density at radius 3 is 2.55 bits per heavy atom. The highest BCUT2D eigenvalue weighted by atomic mass is 16.3. The third kappa shape index (κ3) is 7.94. The molecule has 182 valence electrons. The predicted octanol–water partition coefficient (Wildman–Crippen LogP) is -0.744. The number of hydrogen-bond acceptors (Lipinski definition) is 5. The first kappa shape index (κ1) is 25.9. The molecule has 0 radical (unpaired) electrons. The van der Waals surface area contributed by atoms with Gasteiger partial charge in [-0.15, -0.1) is 0 Å². The number of carbonyl (C=O) groups is 3. The number of hydrogen-bond donors (Lipinski definition) is 7. The van der Waals surface area contributed by atoms with Gasteiger partial charge in [-0.25, -0.2) is 4.79 Å². The number of carbonyl (C=O) groups excluding carboxylic acids is 3. The topological polar surface area (TPSA) is 173 Å². The van der Waals surface area contributed by atoms with Crippen molar-refractivity contribution in [2.75, 3.05) is 19.7 Å². The Morgan fingerprint density at radius 1 is 1.21 bits per heavy atom. The second kappa shape index (κ2) is 12.6. The number of urea groups is 1. The summed E-state index contributed by atoms with van der Waals surface area (Å²) in [6.07, 6.45) is 2.15. The number of aliphatic hydroxyl groups excluding tert-OH is 1. The maximum atomic E-state index is 12.6. The number of nitrogens with two attached hydrogens (primary N) is 1. The van der Waals surface area contributed by atoms with E-state index in [0.29, 0.717) is 19.5 Å². The van der Waals surface area contributed by atoms with E-state index in [2.05, 4.69) is 21.3 Å². The molecule has 0 bridgehead atoms. The number of likely N-dealkylation sites (tertiary alicyclic amines) is 1. The zero-order valence-electron chi connectivity index (χ0n) is 19.1. The van der Waals surface area contributed by atoms with Crippen LogP contribution in [-0.4, -0.2) is 77.7 Å². The van der Waals surface area contributed by atoms with Gasteiger partial charge in [0.2, 0.25) is 11.8 Å². The Bertz CT molecular complexity index is 820. The van der Waals surface area contributed by atoms with Crippen LogP contribution in [0, 0.1) is 5.41 Å². The van der Waals surface area contributed by atoms with Gasteiger partial charge in [-0.3, -0.25) is 15.0 Å². The molecule has 0 aliphatic carbocycles. The van der Waals surface area contributed by atoms with Crippen LogP contribution in [0.2, 0.25) is 0 Å². The van der Waals surface area contributed by atoms with Crippen molar-refractivity contribution >= 4 is 23.8 Å². The van der Waals surface area contributed by atoms with Gasteiger partial charge in [0.1, 0.15) is 12.1 Å². The molecule has 1 aromatic carbocycles. The quantitative estimate of drug-likeness (QED) is 0.188. The average molecular weight is 462 g/mol. The fourth-order valence-corrected chi connectivity index (χ4v) is 3.73. The van der Waals surface area contributed by atoms with E-state index in [9.17, 15) is 19.5 Å². The second-order valence-electron chi connectivity index (χ2n) is 8.18. The van der Waals surface area contributed by atoms with Crippen LogP contribution in [0.4, 0.5) is 4.79 Å². The number of rotatable bonds is 9. The lowest BCUT2D eigenvalue weighted by Crippen LogP contribution is -2.60. The third-order valence-electron chi connectivity index (χ3n) is 5.72. The largest absolute Gasteiger partial charge is 0.394 e. The van der Waals surface area contributed by atoms with Crippen LogP contribution in [0.15, 0.2) is 30.3 Å². The fraction of sp³-hybridized carbons (Fsp3) is 0.545. The highest BCUT2D eigenvalue weighted by Gasteiger charge is 2.31. The number of nitrogens with zero attached hydrogens (tertiary/aromatic N) is 1. The van der Waals surface area contributed by atoms with Gasteiger partial charge >= 0.3 is 6.03 Å². The van der Waals surface area contributed by atoms with E-state index in [1.54, 1.807) is 4.90 Å². The Morgan fingerprint density at radius 2 is 1.91 bits per heavy atom. The van der Waals surface area contributed by atoms with Gasteiger partial charge in [0, 0.05) is 25.2 Å². The van der Waals surface area contributed by atoms with Gasteiger partial charge in [0.05, 0.1) is 6.61 Å². The number of piperidine rings is 1. The minimum atomic E-state index is -1.20. The lowest BCUT2D eigenvalue weighted by Gasteiger charge is -2.40. The molecule has 2 rings (SSSR count). The van der Waals surface area contributed by atoms with Crippen molar-refractivity contribution in [3.05, 3.63) is 35.9 Å². The van der Waals surface area contributed by atoms with E-state index < -0.39 is 36.5 Å². The van der Waals surface area contributed by atoms with Gasteiger partial charge in [-0.1, -0.05) is 30.3 Å². The van der Waals surface area contributed by atoms with Gasteiger partial charge in [-0.05, 0) is 38.7 Å². The normalized spacial score (nSPS) is 19.7. The SMILES string of the molecule is CC1[C@@H](NC(=O)[C@H](C)NC(=O)[C@@H](CO)NC(=O)NCCc2ccccc2)CCCN1C(=N)N. The van der Waals surface area contributed by atoms with E-state index in [4.69, 9.17) is 11.1 Å². The molecule has 8 N–H and O–H groups in total. The van der Waals surface area contributed by atoms with E-state index in [1.807, 2.05) is 37.3 Å². The van der Waals surface area contributed by atoms with Crippen molar-refractivity contribution in [1.29, 1.82) is 5.41 Å². The minimum Gasteiger partial charge on any atom is -0.394 e. The zero-order chi connectivity index (χ0) is 24.4. The zero-order valence-corrected chi connectivity index (χ0v) is 19.1. The van der Waals surface area contributed by atoms with Gasteiger partial charge < -0.3 is 37.0 Å². The summed E-state index contributed by atoms with van der Waals surface area (Å²) in [6.45, 7) is 3.83. The molecule has 11 heteroatoms. The summed E-state index contributed by atoms with van der Waals surface area (Å²) in [6, 6.07) is 6.60. The molecule has 1 aliphatic heterocycles. The molecule has 1 saturated heterocycles. The van der Waals surface area contributed by atoms with Gasteiger partial charge in [0.25, 0.3) is 0 Å². The van der Waals surface area contributed by atoms with Crippen molar-refractivity contribution in [2.24, 2.45) is 5.73 Å². The first-order valence-electron chi connectivity index (χ1n) is 11.1. The number of aliphatic hydroxyl groups is 1. The molecule has 1 unspecified atom stereocenters. The molecule has 1 aromatic rings. The molecule has 11 nitrogen and oxygen atoms in total. The maximum Gasteiger partial charge on any atom is 0.315 e. The fourth-order valence-electron chi connectivity index (χ4n) is 3.73. The number of nitrogens with one attached hydrogen (secondary N) is 5. The van der Waals surface area contributed by atoms with Crippen LogP contribution in [0.5, 0.6) is 0 Å². The summed E-state index contributed by atoms with van der Waals surface area (Å²) in [7, 11) is 0. The summed E-state index contributed by atoms with van der Waals surface area (Å²) < 4.78 is 0. The van der Waals surface area contributed by atoms with Crippen LogP contribution in [0.25, 0.3) is 0 Å². The van der Waals surface area contributed by atoms with E-state index in [-0.39, 0.29) is 18.0 Å². The first-order valence-corrected chi connectivity index (χ1v) is 11.1. The Balaban J connectivity index is 1.79. The van der Waals surface area contributed by atoms with Gasteiger partial charge in [-0.2, -0.15) is 0 Å². The van der Waals surface area contributed by atoms with Crippen molar-refractivity contribution in [2.45, 2.75) is 57.3 Å². The van der Waals surface area contributed by atoms with E-state index >= 15 is 0 Å². The molecule has 4 amide bonds. The van der Waals surface area contributed by atoms with Crippen LogP contribution >= 0.6 is 0 Å². The molecule has 1 aliphatic rings. The standard InChI is InChI=1S/C22H35N7O4/c1-14(19(31)27-17-9-6-12-29(15(17)2)21(23)24)26-20(32)18(13-30)28-22(33)25-11-10-16-7-4-3-5-8-16/h3-5,7-8,14-15,17-18,30H,6,9-13H2,1-2H3,(H3,23,24)(H,26,32)(H,27,31)(H2,25,28,33)/t14-,15?,17-,18+/m0/s1.